The Balaban J connectivity index is 2.86. The number of hydrogen-bond donors (Lipinski definition) is 2. The zero-order valence-electron chi connectivity index (χ0n) is 10.7. The lowest BCUT2D eigenvalue weighted by Gasteiger charge is -2.12. The molecule has 0 aromatic heterocycles. The minimum atomic E-state index is -3.36. The number of hydrogen-bond acceptors (Lipinski definition) is 3. The second-order valence-corrected chi connectivity index (χ2v) is 6.42. The molecule has 100 valence electrons. The van der Waals surface area contributed by atoms with Crippen molar-refractivity contribution in [2.75, 3.05) is 10.0 Å². The van der Waals surface area contributed by atoms with Gasteiger partial charge in [-0.1, -0.05) is 13.0 Å². The highest BCUT2D eigenvalue weighted by molar-refractivity contribution is 7.93. The van der Waals surface area contributed by atoms with Crippen LogP contribution >= 0.6 is 0 Å². The van der Waals surface area contributed by atoms with Gasteiger partial charge in [-0.25, -0.2) is 8.42 Å². The maximum atomic E-state index is 11.7. The van der Waals surface area contributed by atoms with Gasteiger partial charge in [-0.05, 0) is 32.0 Å². The first-order valence-electron chi connectivity index (χ1n) is 5.76. The predicted octanol–water partition coefficient (Wildman–Crippen LogP) is 2.19. The Morgan fingerprint density at radius 2 is 1.89 bits per heavy atom. The number of amides is 1. The molecule has 0 saturated heterocycles. The number of benzene rings is 1. The standard InChI is InChI=1S/C12H18N2O3S/c1-4-12(15)13-10-6-5-7-11(8-10)14-18(16,17)9(2)3/h5-9,14H,4H2,1-3H3,(H,13,15). The molecule has 0 aliphatic rings. The summed E-state index contributed by atoms with van der Waals surface area (Å²) in [6.45, 7) is 4.96. The molecule has 5 nitrogen and oxygen atoms in total. The van der Waals surface area contributed by atoms with Crippen molar-refractivity contribution in [3.63, 3.8) is 0 Å². The van der Waals surface area contributed by atoms with E-state index in [4.69, 9.17) is 0 Å². The van der Waals surface area contributed by atoms with E-state index < -0.39 is 15.3 Å². The maximum absolute atomic E-state index is 11.7. The van der Waals surface area contributed by atoms with E-state index in [1.54, 1.807) is 45.0 Å². The van der Waals surface area contributed by atoms with Crippen molar-refractivity contribution in [3.05, 3.63) is 24.3 Å². The van der Waals surface area contributed by atoms with E-state index in [9.17, 15) is 13.2 Å². The van der Waals surface area contributed by atoms with Crippen LogP contribution in [-0.4, -0.2) is 19.6 Å². The number of rotatable bonds is 5. The van der Waals surface area contributed by atoms with Crippen molar-refractivity contribution in [2.24, 2.45) is 0 Å². The number of anilines is 2. The van der Waals surface area contributed by atoms with Crippen molar-refractivity contribution >= 4 is 27.3 Å². The summed E-state index contributed by atoms with van der Waals surface area (Å²) in [6.07, 6.45) is 0.377. The van der Waals surface area contributed by atoms with E-state index in [-0.39, 0.29) is 5.91 Å². The minimum absolute atomic E-state index is 0.112. The molecule has 0 aliphatic heterocycles. The molecule has 18 heavy (non-hydrogen) atoms. The van der Waals surface area contributed by atoms with Crippen LogP contribution in [0.1, 0.15) is 27.2 Å². The second kappa shape index (κ2) is 5.86. The number of sulfonamides is 1. The molecule has 0 saturated carbocycles. The van der Waals surface area contributed by atoms with Gasteiger partial charge in [-0.3, -0.25) is 9.52 Å². The molecule has 0 fully saturated rings. The molecule has 1 rings (SSSR count). The summed E-state index contributed by atoms with van der Waals surface area (Å²) in [5, 5.41) is 2.17. The predicted molar refractivity (Wildman–Crippen MR) is 73.0 cm³/mol. The fraction of sp³-hybridized carbons (Fsp3) is 0.417. The van der Waals surface area contributed by atoms with Gasteiger partial charge in [0.15, 0.2) is 0 Å². The first-order chi connectivity index (χ1) is 8.35. The Labute approximate surface area is 108 Å². The van der Waals surface area contributed by atoms with Gasteiger partial charge in [-0.2, -0.15) is 0 Å². The summed E-state index contributed by atoms with van der Waals surface area (Å²) in [7, 11) is -3.36. The van der Waals surface area contributed by atoms with Crippen molar-refractivity contribution in [1.82, 2.24) is 0 Å². The lowest BCUT2D eigenvalue weighted by Crippen LogP contribution is -2.22. The Hall–Kier alpha value is -1.56. The normalized spacial score (nSPS) is 11.3. The summed E-state index contributed by atoms with van der Waals surface area (Å²) < 4.78 is 25.9. The van der Waals surface area contributed by atoms with Gasteiger partial charge in [0.2, 0.25) is 15.9 Å². The SMILES string of the molecule is CCC(=O)Nc1cccc(NS(=O)(=O)C(C)C)c1. The quantitative estimate of drug-likeness (QED) is 0.861. The fourth-order valence-electron chi connectivity index (χ4n) is 1.19. The minimum Gasteiger partial charge on any atom is -0.326 e. The smallest absolute Gasteiger partial charge is 0.235 e. The Bertz CT molecular complexity index is 524. The van der Waals surface area contributed by atoms with Crippen LogP contribution in [0.3, 0.4) is 0 Å². The van der Waals surface area contributed by atoms with Crippen LogP contribution in [0, 0.1) is 0 Å². The van der Waals surface area contributed by atoms with Gasteiger partial charge in [-0.15, -0.1) is 0 Å². The summed E-state index contributed by atoms with van der Waals surface area (Å²) in [5.74, 6) is -0.112. The van der Waals surface area contributed by atoms with Crippen molar-refractivity contribution < 1.29 is 13.2 Å². The molecule has 0 radical (unpaired) electrons. The molecule has 0 heterocycles. The van der Waals surface area contributed by atoms with Gasteiger partial charge < -0.3 is 5.32 Å². The zero-order valence-corrected chi connectivity index (χ0v) is 11.5. The highest BCUT2D eigenvalue weighted by Gasteiger charge is 2.15. The molecule has 0 unspecified atom stereocenters. The first kappa shape index (κ1) is 14.5. The van der Waals surface area contributed by atoms with E-state index in [0.717, 1.165) is 0 Å². The van der Waals surface area contributed by atoms with E-state index >= 15 is 0 Å². The summed E-state index contributed by atoms with van der Waals surface area (Å²) in [6, 6.07) is 6.62. The van der Waals surface area contributed by atoms with E-state index in [0.29, 0.717) is 17.8 Å². The summed E-state index contributed by atoms with van der Waals surface area (Å²) >= 11 is 0. The van der Waals surface area contributed by atoms with Crippen molar-refractivity contribution in [2.45, 2.75) is 32.4 Å². The fourth-order valence-corrected chi connectivity index (χ4v) is 1.88. The average Bonchev–Trinajstić information content (AvgIpc) is 2.28. The molecule has 0 bridgehead atoms. The molecule has 0 spiro atoms. The largest absolute Gasteiger partial charge is 0.326 e. The highest BCUT2D eigenvalue weighted by atomic mass is 32.2. The second-order valence-electron chi connectivity index (χ2n) is 4.18. The first-order valence-corrected chi connectivity index (χ1v) is 7.31. The van der Waals surface area contributed by atoms with E-state index in [2.05, 4.69) is 10.0 Å². The number of carbonyl (C=O) groups excluding carboxylic acids is 1. The Kier molecular flexibility index (Phi) is 4.72. The van der Waals surface area contributed by atoms with Gasteiger partial charge in [0.25, 0.3) is 0 Å². The maximum Gasteiger partial charge on any atom is 0.235 e. The molecule has 1 aromatic rings. The zero-order chi connectivity index (χ0) is 13.8. The van der Waals surface area contributed by atoms with Crippen molar-refractivity contribution in [1.29, 1.82) is 0 Å². The van der Waals surface area contributed by atoms with Crippen LogP contribution in [0.4, 0.5) is 11.4 Å². The third-order valence-corrected chi connectivity index (χ3v) is 4.11. The molecule has 0 atom stereocenters. The topological polar surface area (TPSA) is 75.3 Å². The number of carbonyl (C=O) groups is 1. The lowest BCUT2D eigenvalue weighted by atomic mass is 10.3. The lowest BCUT2D eigenvalue weighted by molar-refractivity contribution is -0.115. The van der Waals surface area contributed by atoms with Crippen LogP contribution in [0.15, 0.2) is 24.3 Å². The Morgan fingerprint density at radius 3 is 2.44 bits per heavy atom. The summed E-state index contributed by atoms with van der Waals surface area (Å²) in [4.78, 5) is 11.2. The van der Waals surface area contributed by atoms with Gasteiger partial charge >= 0.3 is 0 Å². The van der Waals surface area contributed by atoms with E-state index in [1.807, 2.05) is 0 Å². The molecule has 6 heteroatoms. The van der Waals surface area contributed by atoms with Gasteiger partial charge in [0.1, 0.15) is 0 Å². The molecule has 1 aromatic carbocycles. The molecule has 1 amide bonds. The van der Waals surface area contributed by atoms with Gasteiger partial charge in [0.05, 0.1) is 10.9 Å². The van der Waals surface area contributed by atoms with Crippen LogP contribution in [-0.2, 0) is 14.8 Å². The van der Waals surface area contributed by atoms with Crippen LogP contribution in [0.2, 0.25) is 0 Å². The van der Waals surface area contributed by atoms with Crippen LogP contribution < -0.4 is 10.0 Å². The monoisotopic (exact) mass is 270 g/mol. The average molecular weight is 270 g/mol. The highest BCUT2D eigenvalue weighted by Crippen LogP contribution is 2.17. The summed E-state index contributed by atoms with van der Waals surface area (Å²) in [5.41, 5.74) is 1.02. The molecular formula is C12H18N2O3S. The number of nitrogens with one attached hydrogen (secondary N) is 2. The van der Waals surface area contributed by atoms with E-state index in [1.165, 1.54) is 0 Å². The van der Waals surface area contributed by atoms with Gasteiger partial charge in [0, 0.05) is 12.1 Å². The van der Waals surface area contributed by atoms with Crippen LogP contribution in [0.25, 0.3) is 0 Å². The molecular weight excluding hydrogens is 252 g/mol. The third-order valence-electron chi connectivity index (χ3n) is 2.35. The van der Waals surface area contributed by atoms with Crippen molar-refractivity contribution in [3.8, 4) is 0 Å². The molecule has 2 N–H and O–H groups in total. The van der Waals surface area contributed by atoms with Crippen LogP contribution in [0.5, 0.6) is 0 Å². The molecule has 0 aliphatic carbocycles. The third kappa shape index (κ3) is 4.03. The Morgan fingerprint density at radius 1 is 1.28 bits per heavy atom.